The fourth-order valence-corrected chi connectivity index (χ4v) is 3.38. The zero-order valence-corrected chi connectivity index (χ0v) is 9.99. The molecule has 2 fully saturated rings. The number of rotatable bonds is 3. The van der Waals surface area contributed by atoms with Crippen molar-refractivity contribution in [2.45, 2.75) is 50.7 Å². The maximum Gasteiger partial charge on any atom is 0.0663 e. The van der Waals surface area contributed by atoms with E-state index in [0.717, 1.165) is 5.92 Å². The van der Waals surface area contributed by atoms with Gasteiger partial charge in [-0.3, -0.25) is 0 Å². The summed E-state index contributed by atoms with van der Waals surface area (Å²) in [5.74, 6) is 0.805. The van der Waals surface area contributed by atoms with Crippen LogP contribution >= 0.6 is 0 Å². The van der Waals surface area contributed by atoms with E-state index in [1.165, 1.54) is 37.7 Å². The van der Waals surface area contributed by atoms with Gasteiger partial charge in [-0.15, -0.1) is 0 Å². The molecule has 2 heterocycles. The van der Waals surface area contributed by atoms with Gasteiger partial charge in [-0.2, -0.15) is 0 Å². The number of aryl methyl sites for hydroxylation is 1. The van der Waals surface area contributed by atoms with Crippen LogP contribution in [-0.4, -0.2) is 11.7 Å². The normalized spacial score (nSPS) is 36.8. The maximum atomic E-state index is 6.06. The van der Waals surface area contributed by atoms with Crippen LogP contribution in [-0.2, 0) is 11.2 Å². The van der Waals surface area contributed by atoms with Gasteiger partial charge in [0.25, 0.3) is 0 Å². The third-order valence-electron chi connectivity index (χ3n) is 4.26. The quantitative estimate of drug-likeness (QED) is 0.750. The van der Waals surface area contributed by atoms with Gasteiger partial charge in [-0.05, 0) is 50.5 Å². The summed E-state index contributed by atoms with van der Waals surface area (Å²) in [7, 11) is 0. The van der Waals surface area contributed by atoms with Crippen LogP contribution in [0.3, 0.4) is 0 Å². The van der Waals surface area contributed by atoms with Crippen LogP contribution in [0.4, 0.5) is 0 Å². The van der Waals surface area contributed by atoms with Crippen molar-refractivity contribution in [3.8, 4) is 0 Å². The molecule has 3 rings (SSSR count). The predicted molar refractivity (Wildman–Crippen MR) is 65.4 cm³/mol. The van der Waals surface area contributed by atoms with Gasteiger partial charge in [-0.25, -0.2) is 0 Å². The zero-order chi connectivity index (χ0) is 11.0. The zero-order valence-electron chi connectivity index (χ0n) is 9.99. The van der Waals surface area contributed by atoms with Crippen molar-refractivity contribution >= 4 is 0 Å². The molecule has 0 spiro atoms. The third kappa shape index (κ3) is 1.89. The Morgan fingerprint density at radius 1 is 1.31 bits per heavy atom. The van der Waals surface area contributed by atoms with Crippen LogP contribution in [0.5, 0.6) is 0 Å². The molecule has 1 nitrogen and oxygen atoms in total. The smallest absolute Gasteiger partial charge is 0.0663 e. The number of benzene rings is 1. The van der Waals surface area contributed by atoms with Crippen LogP contribution in [0.2, 0.25) is 0 Å². The summed E-state index contributed by atoms with van der Waals surface area (Å²) in [6, 6.07) is 10.8. The number of ether oxygens (including phenoxy) is 1. The van der Waals surface area contributed by atoms with Gasteiger partial charge < -0.3 is 4.74 Å². The Hall–Kier alpha value is -0.820. The van der Waals surface area contributed by atoms with Gasteiger partial charge in [0.05, 0.1) is 11.7 Å². The topological polar surface area (TPSA) is 9.23 Å². The van der Waals surface area contributed by atoms with E-state index in [1.54, 1.807) is 0 Å². The fourth-order valence-electron chi connectivity index (χ4n) is 3.38. The molecule has 86 valence electrons. The minimum absolute atomic E-state index is 0.228. The monoisotopic (exact) mass is 216 g/mol. The van der Waals surface area contributed by atoms with Crippen molar-refractivity contribution < 1.29 is 4.74 Å². The summed E-state index contributed by atoms with van der Waals surface area (Å²) < 4.78 is 6.06. The molecule has 0 N–H and O–H groups in total. The second-order valence-electron chi connectivity index (χ2n) is 5.63. The van der Waals surface area contributed by atoms with Gasteiger partial charge >= 0.3 is 0 Å². The molecule has 2 aliphatic rings. The van der Waals surface area contributed by atoms with Gasteiger partial charge in [0, 0.05) is 0 Å². The molecule has 0 radical (unpaired) electrons. The molecule has 0 amide bonds. The molecule has 2 bridgehead atoms. The number of hydrogen-bond donors (Lipinski definition) is 0. The molecule has 0 aromatic heterocycles. The minimum Gasteiger partial charge on any atom is -0.372 e. The summed E-state index contributed by atoms with van der Waals surface area (Å²) in [6.45, 7) is 2.29. The lowest BCUT2D eigenvalue weighted by Gasteiger charge is -2.22. The average molecular weight is 216 g/mol. The first-order chi connectivity index (χ1) is 7.75. The first-order valence-electron chi connectivity index (χ1n) is 6.47. The molecule has 3 atom stereocenters. The van der Waals surface area contributed by atoms with Crippen LogP contribution < -0.4 is 0 Å². The standard InChI is InChI=1S/C15H20O/c1-15-10-9-14(16-15)13(11-15)8-7-12-5-3-2-4-6-12/h2-6,13-14H,7-11H2,1H3/t13?,14-,15+/m1/s1. The Bertz CT molecular complexity index is 359. The molecule has 0 aliphatic carbocycles. The van der Waals surface area contributed by atoms with E-state index in [2.05, 4.69) is 37.3 Å². The first kappa shape index (κ1) is 10.3. The highest BCUT2D eigenvalue weighted by molar-refractivity contribution is 5.15. The van der Waals surface area contributed by atoms with E-state index < -0.39 is 0 Å². The van der Waals surface area contributed by atoms with Crippen molar-refractivity contribution in [1.82, 2.24) is 0 Å². The molecule has 0 saturated carbocycles. The molecule has 2 aliphatic heterocycles. The van der Waals surface area contributed by atoms with Gasteiger partial charge in [0.2, 0.25) is 0 Å². The van der Waals surface area contributed by atoms with E-state index in [-0.39, 0.29) is 5.60 Å². The van der Waals surface area contributed by atoms with Crippen molar-refractivity contribution in [1.29, 1.82) is 0 Å². The highest BCUT2D eigenvalue weighted by Gasteiger charge is 2.48. The van der Waals surface area contributed by atoms with Gasteiger partial charge in [-0.1, -0.05) is 30.3 Å². The molecule has 1 aromatic rings. The van der Waals surface area contributed by atoms with Crippen molar-refractivity contribution in [2.75, 3.05) is 0 Å². The predicted octanol–water partition coefficient (Wildman–Crippen LogP) is 3.58. The second-order valence-corrected chi connectivity index (χ2v) is 5.63. The van der Waals surface area contributed by atoms with E-state index in [9.17, 15) is 0 Å². The lowest BCUT2D eigenvalue weighted by atomic mass is 9.80. The van der Waals surface area contributed by atoms with Crippen molar-refractivity contribution in [3.63, 3.8) is 0 Å². The van der Waals surface area contributed by atoms with Crippen LogP contribution in [0.15, 0.2) is 30.3 Å². The molecule has 1 unspecified atom stereocenters. The largest absolute Gasteiger partial charge is 0.372 e. The highest BCUT2D eigenvalue weighted by Crippen LogP contribution is 2.48. The summed E-state index contributed by atoms with van der Waals surface area (Å²) in [6.07, 6.45) is 6.92. The molecule has 16 heavy (non-hydrogen) atoms. The summed E-state index contributed by atoms with van der Waals surface area (Å²) in [5, 5.41) is 0. The lowest BCUT2D eigenvalue weighted by Crippen LogP contribution is -2.22. The first-order valence-corrected chi connectivity index (χ1v) is 6.47. The molecule has 1 aromatic carbocycles. The SMILES string of the molecule is C[C@@]12CC[C@@H](O1)C(CCc1ccccc1)C2. The van der Waals surface area contributed by atoms with Crippen LogP contribution in [0.25, 0.3) is 0 Å². The third-order valence-corrected chi connectivity index (χ3v) is 4.26. The van der Waals surface area contributed by atoms with Crippen LogP contribution in [0, 0.1) is 5.92 Å². The molecule has 2 saturated heterocycles. The Morgan fingerprint density at radius 2 is 2.12 bits per heavy atom. The average Bonchev–Trinajstić information content (AvgIpc) is 2.83. The summed E-state index contributed by atoms with van der Waals surface area (Å²) in [4.78, 5) is 0. The van der Waals surface area contributed by atoms with E-state index in [1.807, 2.05) is 0 Å². The van der Waals surface area contributed by atoms with E-state index >= 15 is 0 Å². The summed E-state index contributed by atoms with van der Waals surface area (Å²) in [5.41, 5.74) is 1.70. The van der Waals surface area contributed by atoms with Crippen LogP contribution in [0.1, 0.15) is 38.2 Å². The van der Waals surface area contributed by atoms with Crippen molar-refractivity contribution in [3.05, 3.63) is 35.9 Å². The van der Waals surface area contributed by atoms with Crippen molar-refractivity contribution in [2.24, 2.45) is 5.92 Å². The van der Waals surface area contributed by atoms with E-state index in [4.69, 9.17) is 4.74 Å². The molecule has 1 heteroatoms. The number of hydrogen-bond acceptors (Lipinski definition) is 1. The fraction of sp³-hybridized carbons (Fsp3) is 0.600. The number of fused-ring (bicyclic) bond motifs is 2. The molecular weight excluding hydrogens is 196 g/mol. The Kier molecular flexibility index (Phi) is 2.51. The Morgan fingerprint density at radius 3 is 2.75 bits per heavy atom. The van der Waals surface area contributed by atoms with Gasteiger partial charge in [0.1, 0.15) is 0 Å². The second kappa shape index (κ2) is 3.89. The molecular formula is C15H20O. The minimum atomic E-state index is 0.228. The van der Waals surface area contributed by atoms with E-state index in [0.29, 0.717) is 6.10 Å². The maximum absolute atomic E-state index is 6.06. The Labute approximate surface area is 97.8 Å². The summed E-state index contributed by atoms with van der Waals surface area (Å²) >= 11 is 0. The van der Waals surface area contributed by atoms with Gasteiger partial charge in [0.15, 0.2) is 0 Å². The Balaban J connectivity index is 1.58. The highest BCUT2D eigenvalue weighted by atomic mass is 16.5. The lowest BCUT2D eigenvalue weighted by molar-refractivity contribution is 0.0241.